The quantitative estimate of drug-likeness (QED) is 0.171. The second-order valence-corrected chi connectivity index (χ2v) is 12.5. The van der Waals surface area contributed by atoms with Crippen molar-refractivity contribution in [2.45, 2.75) is 57.1 Å². The zero-order chi connectivity index (χ0) is 32.2. The lowest BCUT2D eigenvalue weighted by atomic mass is 10.0. The Labute approximate surface area is 266 Å². The number of carbonyl (C=O) groups is 2. The van der Waals surface area contributed by atoms with Crippen LogP contribution in [-0.4, -0.2) is 62.5 Å². The highest BCUT2D eigenvalue weighted by Crippen LogP contribution is 2.22. The van der Waals surface area contributed by atoms with E-state index < -0.39 is 34.0 Å². The molecule has 4 rings (SSSR count). The van der Waals surface area contributed by atoms with Gasteiger partial charge in [0, 0.05) is 24.8 Å². The molecule has 1 amide bonds. The lowest BCUT2D eigenvalue weighted by Gasteiger charge is -2.22. The summed E-state index contributed by atoms with van der Waals surface area (Å²) in [6.07, 6.45) is 0.923. The molecule has 2 atom stereocenters. The van der Waals surface area contributed by atoms with Crippen LogP contribution in [0, 0.1) is 0 Å². The number of sulfonamides is 1. The Morgan fingerprint density at radius 3 is 2.20 bits per heavy atom. The van der Waals surface area contributed by atoms with E-state index in [0.29, 0.717) is 11.1 Å². The SMILES string of the molecule is CCOC(=O)C(Cc1ccc(CCN(CC)CC)cc1)NC(=O)CC(NS(=O)(=O)c1ccc2ccccc2n1)c1ccccc1. The van der Waals surface area contributed by atoms with E-state index in [9.17, 15) is 18.0 Å². The highest BCUT2D eigenvalue weighted by Gasteiger charge is 2.28. The van der Waals surface area contributed by atoms with Gasteiger partial charge in [0.1, 0.15) is 6.04 Å². The van der Waals surface area contributed by atoms with E-state index in [1.54, 1.807) is 49.4 Å². The maximum absolute atomic E-state index is 13.5. The van der Waals surface area contributed by atoms with Crippen molar-refractivity contribution in [2.75, 3.05) is 26.2 Å². The van der Waals surface area contributed by atoms with Crippen LogP contribution in [-0.2, 0) is 37.2 Å². The Hall–Kier alpha value is -4.12. The number of aromatic nitrogens is 1. The number of benzene rings is 3. The Morgan fingerprint density at radius 1 is 0.844 bits per heavy atom. The van der Waals surface area contributed by atoms with Gasteiger partial charge in [0.25, 0.3) is 10.0 Å². The van der Waals surface area contributed by atoms with Gasteiger partial charge in [-0.25, -0.2) is 22.9 Å². The lowest BCUT2D eigenvalue weighted by Crippen LogP contribution is -2.44. The fourth-order valence-electron chi connectivity index (χ4n) is 5.14. The molecule has 10 heteroatoms. The highest BCUT2D eigenvalue weighted by atomic mass is 32.2. The Bertz CT molecular complexity index is 1660. The smallest absolute Gasteiger partial charge is 0.328 e. The van der Waals surface area contributed by atoms with Crippen molar-refractivity contribution >= 4 is 32.8 Å². The predicted octanol–water partition coefficient (Wildman–Crippen LogP) is 4.82. The van der Waals surface area contributed by atoms with Gasteiger partial charge in [-0.2, -0.15) is 0 Å². The van der Waals surface area contributed by atoms with E-state index in [1.165, 1.54) is 11.6 Å². The molecule has 3 aromatic carbocycles. The Balaban J connectivity index is 1.49. The number of hydrogen-bond acceptors (Lipinski definition) is 7. The summed E-state index contributed by atoms with van der Waals surface area (Å²) in [6, 6.07) is 25.4. The molecule has 0 aliphatic heterocycles. The molecule has 4 aromatic rings. The van der Waals surface area contributed by atoms with Crippen molar-refractivity contribution in [1.82, 2.24) is 19.9 Å². The van der Waals surface area contributed by atoms with Gasteiger partial charge in [-0.15, -0.1) is 0 Å². The van der Waals surface area contributed by atoms with Gasteiger partial charge in [-0.05, 0) is 61.3 Å². The second-order valence-electron chi connectivity index (χ2n) is 10.8. The number of nitrogens with one attached hydrogen (secondary N) is 2. The van der Waals surface area contributed by atoms with Crippen LogP contribution in [0.5, 0.6) is 0 Å². The zero-order valence-corrected chi connectivity index (χ0v) is 26.9. The van der Waals surface area contributed by atoms with Gasteiger partial charge < -0.3 is 15.0 Å². The number of ether oxygens (including phenoxy) is 1. The van der Waals surface area contributed by atoms with E-state index in [-0.39, 0.29) is 24.5 Å². The zero-order valence-electron chi connectivity index (χ0n) is 26.1. The minimum absolute atomic E-state index is 0.146. The average Bonchev–Trinajstić information content (AvgIpc) is 3.05. The summed E-state index contributed by atoms with van der Waals surface area (Å²) in [6.45, 7) is 9.15. The Kier molecular flexibility index (Phi) is 12.2. The molecular weight excluding hydrogens is 588 g/mol. The first-order valence-electron chi connectivity index (χ1n) is 15.4. The molecule has 0 saturated carbocycles. The maximum Gasteiger partial charge on any atom is 0.328 e. The number of nitrogens with zero attached hydrogens (tertiary/aromatic N) is 2. The third-order valence-corrected chi connectivity index (χ3v) is 9.09. The maximum atomic E-state index is 13.5. The molecule has 0 radical (unpaired) electrons. The third kappa shape index (κ3) is 9.68. The van der Waals surface area contributed by atoms with Crippen molar-refractivity contribution < 1.29 is 22.7 Å². The van der Waals surface area contributed by atoms with Crippen LogP contribution < -0.4 is 10.0 Å². The number of rotatable bonds is 16. The van der Waals surface area contributed by atoms with Crippen molar-refractivity contribution in [2.24, 2.45) is 0 Å². The van der Waals surface area contributed by atoms with Crippen LogP contribution >= 0.6 is 0 Å². The summed E-state index contributed by atoms with van der Waals surface area (Å²) in [7, 11) is -4.10. The summed E-state index contributed by atoms with van der Waals surface area (Å²) < 4.78 is 34.9. The molecule has 1 aromatic heterocycles. The molecule has 0 aliphatic carbocycles. The molecule has 1 heterocycles. The molecule has 238 valence electrons. The number of carbonyl (C=O) groups excluding carboxylic acids is 2. The first kappa shape index (κ1) is 33.8. The van der Waals surface area contributed by atoms with Gasteiger partial charge in [0.05, 0.1) is 18.2 Å². The summed E-state index contributed by atoms with van der Waals surface area (Å²) in [5.74, 6) is -1.04. The molecule has 2 N–H and O–H groups in total. The van der Waals surface area contributed by atoms with Gasteiger partial charge >= 0.3 is 5.97 Å². The standard InChI is InChI=1S/C35H42N4O5S/c1-4-39(5-2)23-22-26-16-18-27(19-17-26)24-32(35(41)44-6-3)36-33(40)25-31(28-12-8-7-9-13-28)38-45(42,43)34-21-20-29-14-10-11-15-30(29)37-34/h7-21,31-32,38H,4-6,22-25H2,1-3H3,(H,36,40). The number of para-hydroxylation sites is 1. The van der Waals surface area contributed by atoms with E-state index in [1.807, 2.05) is 42.5 Å². The average molecular weight is 631 g/mol. The molecule has 45 heavy (non-hydrogen) atoms. The van der Waals surface area contributed by atoms with Crippen LogP contribution in [0.3, 0.4) is 0 Å². The fraction of sp³-hybridized carbons (Fsp3) is 0.343. The van der Waals surface area contributed by atoms with Crippen LogP contribution in [0.15, 0.2) is 96.0 Å². The molecule has 0 spiro atoms. The molecular formula is C35H42N4O5S. The summed E-state index contributed by atoms with van der Waals surface area (Å²) in [4.78, 5) is 33.0. The van der Waals surface area contributed by atoms with Gasteiger partial charge in [0.15, 0.2) is 5.03 Å². The van der Waals surface area contributed by atoms with Crippen molar-refractivity contribution in [3.05, 3.63) is 108 Å². The molecule has 0 bridgehead atoms. The van der Waals surface area contributed by atoms with Gasteiger partial charge in [0.2, 0.25) is 5.91 Å². The minimum atomic E-state index is -4.10. The number of fused-ring (bicyclic) bond motifs is 1. The normalized spacial score (nSPS) is 13.0. The van der Waals surface area contributed by atoms with Crippen LogP contribution in [0.4, 0.5) is 0 Å². The summed E-state index contributed by atoms with van der Waals surface area (Å²) >= 11 is 0. The largest absolute Gasteiger partial charge is 0.464 e. The topological polar surface area (TPSA) is 118 Å². The third-order valence-electron chi connectivity index (χ3n) is 7.72. The van der Waals surface area contributed by atoms with Crippen molar-refractivity contribution in [3.8, 4) is 0 Å². The lowest BCUT2D eigenvalue weighted by molar-refractivity contribution is -0.147. The highest BCUT2D eigenvalue weighted by molar-refractivity contribution is 7.89. The second kappa shape index (κ2) is 16.3. The van der Waals surface area contributed by atoms with Crippen LogP contribution in [0.2, 0.25) is 0 Å². The number of amides is 1. The first-order chi connectivity index (χ1) is 21.7. The van der Waals surface area contributed by atoms with Crippen molar-refractivity contribution in [1.29, 1.82) is 0 Å². The first-order valence-corrected chi connectivity index (χ1v) is 16.9. The molecule has 0 saturated heterocycles. The van der Waals surface area contributed by atoms with E-state index in [4.69, 9.17) is 4.74 Å². The molecule has 2 unspecified atom stereocenters. The van der Waals surface area contributed by atoms with Crippen LogP contribution in [0.25, 0.3) is 10.9 Å². The number of esters is 1. The predicted molar refractivity (Wildman–Crippen MR) is 176 cm³/mol. The molecule has 9 nitrogen and oxygen atoms in total. The number of pyridine rings is 1. The number of likely N-dealkylation sites (N-methyl/N-ethyl adjacent to an activating group) is 1. The summed E-state index contributed by atoms with van der Waals surface area (Å²) in [5, 5.41) is 3.47. The Morgan fingerprint density at radius 2 is 1.51 bits per heavy atom. The van der Waals surface area contributed by atoms with Crippen LogP contribution in [0.1, 0.15) is 49.9 Å². The van der Waals surface area contributed by atoms with Gasteiger partial charge in [-0.1, -0.05) is 86.6 Å². The molecule has 0 aliphatic rings. The fourth-order valence-corrected chi connectivity index (χ4v) is 6.32. The minimum Gasteiger partial charge on any atom is -0.464 e. The van der Waals surface area contributed by atoms with E-state index >= 15 is 0 Å². The van der Waals surface area contributed by atoms with E-state index in [0.717, 1.165) is 37.0 Å². The number of hydrogen-bond donors (Lipinski definition) is 2. The van der Waals surface area contributed by atoms with Crippen molar-refractivity contribution in [3.63, 3.8) is 0 Å². The van der Waals surface area contributed by atoms with Gasteiger partial charge in [-0.3, -0.25) is 4.79 Å². The molecule has 0 fully saturated rings. The summed E-state index contributed by atoms with van der Waals surface area (Å²) in [5.41, 5.74) is 3.22. The van der Waals surface area contributed by atoms with E-state index in [2.05, 4.69) is 33.8 Å². The monoisotopic (exact) mass is 630 g/mol.